The predicted octanol–water partition coefficient (Wildman–Crippen LogP) is 5.71. The van der Waals surface area contributed by atoms with Crippen LogP contribution in [-0.2, 0) is 10.7 Å². The van der Waals surface area contributed by atoms with Crippen LogP contribution in [0.25, 0.3) is 11.1 Å². The number of carbonyl (C=O) groups excluding carboxylic acids is 2. The molecule has 1 N–H and O–H groups in total. The molecule has 0 spiro atoms. The molecule has 37 heavy (non-hydrogen) atoms. The van der Waals surface area contributed by atoms with Crippen molar-refractivity contribution in [1.29, 1.82) is 0 Å². The zero-order valence-electron chi connectivity index (χ0n) is 21.0. The van der Waals surface area contributed by atoms with E-state index in [9.17, 15) is 18.4 Å². The number of carbonyl (C=O) groups is 2. The molecule has 6 nitrogen and oxygen atoms in total. The lowest BCUT2D eigenvalue weighted by atomic mass is 9.94. The quantitative estimate of drug-likeness (QED) is 0.362. The smallest absolute Gasteiger partial charge is 0.270 e. The first-order valence-electron chi connectivity index (χ1n) is 12.4. The lowest BCUT2D eigenvalue weighted by Gasteiger charge is -2.31. The maximum absolute atomic E-state index is 13.6. The van der Waals surface area contributed by atoms with Gasteiger partial charge < -0.3 is 15.0 Å². The largest absolute Gasteiger partial charge is 0.385 e. The van der Waals surface area contributed by atoms with Gasteiger partial charge in [-0.1, -0.05) is 42.5 Å². The lowest BCUT2D eigenvalue weighted by Crippen LogP contribution is -2.38. The summed E-state index contributed by atoms with van der Waals surface area (Å²) in [5.41, 5.74) is 2.37. The average molecular weight is 528 g/mol. The SMILES string of the molecule is COCCCNC(=O)c1csc(C2CCN(C(=O)c3ccccc3-c3ccc(C(C)(F)F)cc3)CC2)n1. The number of hydrogen-bond acceptors (Lipinski definition) is 5. The first-order valence-corrected chi connectivity index (χ1v) is 13.3. The highest BCUT2D eigenvalue weighted by Gasteiger charge is 2.28. The van der Waals surface area contributed by atoms with Crippen LogP contribution in [0.5, 0.6) is 0 Å². The number of halogens is 2. The molecule has 0 aliphatic carbocycles. The molecule has 196 valence electrons. The van der Waals surface area contributed by atoms with Crippen LogP contribution >= 0.6 is 11.3 Å². The molecule has 1 aliphatic rings. The number of ether oxygens (including phenoxy) is 1. The van der Waals surface area contributed by atoms with Gasteiger partial charge in [0.25, 0.3) is 17.7 Å². The number of nitrogens with zero attached hydrogens (tertiary/aromatic N) is 2. The van der Waals surface area contributed by atoms with Gasteiger partial charge >= 0.3 is 0 Å². The zero-order chi connectivity index (χ0) is 26.4. The van der Waals surface area contributed by atoms with Crippen LogP contribution < -0.4 is 5.32 Å². The molecule has 2 heterocycles. The minimum atomic E-state index is -2.91. The van der Waals surface area contributed by atoms with E-state index >= 15 is 0 Å². The summed E-state index contributed by atoms with van der Waals surface area (Å²) in [5.74, 6) is -2.97. The third-order valence-electron chi connectivity index (χ3n) is 6.56. The number of hydrogen-bond donors (Lipinski definition) is 1. The van der Waals surface area contributed by atoms with E-state index in [1.807, 2.05) is 23.1 Å². The van der Waals surface area contributed by atoms with Gasteiger partial charge in [0.2, 0.25) is 0 Å². The maximum Gasteiger partial charge on any atom is 0.270 e. The number of aromatic nitrogens is 1. The topological polar surface area (TPSA) is 71.5 Å². The number of amides is 2. The van der Waals surface area contributed by atoms with Crippen molar-refractivity contribution in [3.8, 4) is 11.1 Å². The van der Waals surface area contributed by atoms with Crippen LogP contribution in [0.15, 0.2) is 53.9 Å². The number of nitrogens with one attached hydrogen (secondary N) is 1. The molecule has 4 rings (SSSR count). The van der Waals surface area contributed by atoms with Gasteiger partial charge in [-0.25, -0.2) is 13.8 Å². The van der Waals surface area contributed by atoms with Crippen molar-refractivity contribution in [1.82, 2.24) is 15.2 Å². The summed E-state index contributed by atoms with van der Waals surface area (Å²) in [5, 5.41) is 5.56. The van der Waals surface area contributed by atoms with E-state index in [4.69, 9.17) is 4.74 Å². The van der Waals surface area contributed by atoms with Crippen molar-refractivity contribution in [2.75, 3.05) is 33.4 Å². The molecule has 0 unspecified atom stereocenters. The molecule has 0 bridgehead atoms. The highest BCUT2D eigenvalue weighted by molar-refractivity contribution is 7.09. The number of likely N-dealkylation sites (tertiary alicyclic amines) is 1. The van der Waals surface area contributed by atoms with Crippen LogP contribution in [0, 0.1) is 0 Å². The van der Waals surface area contributed by atoms with Crippen molar-refractivity contribution < 1.29 is 23.1 Å². The minimum absolute atomic E-state index is 0.0592. The second kappa shape index (κ2) is 11.9. The molecular formula is C28H31F2N3O3S. The Hall–Kier alpha value is -3.17. The van der Waals surface area contributed by atoms with E-state index in [1.165, 1.54) is 23.5 Å². The molecule has 1 saturated heterocycles. The number of rotatable bonds is 9. The van der Waals surface area contributed by atoms with E-state index < -0.39 is 5.92 Å². The van der Waals surface area contributed by atoms with Crippen LogP contribution in [-0.4, -0.2) is 55.0 Å². The molecule has 0 atom stereocenters. The third kappa shape index (κ3) is 6.59. The fraction of sp³-hybridized carbons (Fsp3) is 0.393. The summed E-state index contributed by atoms with van der Waals surface area (Å²) in [6.45, 7) is 3.16. The minimum Gasteiger partial charge on any atom is -0.385 e. The van der Waals surface area contributed by atoms with Crippen molar-refractivity contribution in [3.05, 3.63) is 75.7 Å². The Labute approximate surface area is 219 Å². The summed E-state index contributed by atoms with van der Waals surface area (Å²) in [7, 11) is 1.63. The van der Waals surface area contributed by atoms with Gasteiger partial charge in [-0.3, -0.25) is 9.59 Å². The number of benzene rings is 2. The fourth-order valence-electron chi connectivity index (χ4n) is 4.45. The van der Waals surface area contributed by atoms with Crippen LogP contribution in [0.2, 0.25) is 0 Å². The van der Waals surface area contributed by atoms with E-state index in [-0.39, 0.29) is 23.3 Å². The Balaban J connectivity index is 1.38. The van der Waals surface area contributed by atoms with Gasteiger partial charge in [0.1, 0.15) is 5.69 Å². The van der Waals surface area contributed by atoms with Crippen LogP contribution in [0.3, 0.4) is 0 Å². The van der Waals surface area contributed by atoms with Gasteiger partial charge in [0.05, 0.1) is 5.01 Å². The molecule has 0 saturated carbocycles. The summed E-state index contributed by atoms with van der Waals surface area (Å²) >= 11 is 1.48. The normalized spacial score (nSPS) is 14.5. The molecule has 9 heteroatoms. The lowest BCUT2D eigenvalue weighted by molar-refractivity contribution is 0.0175. The Morgan fingerprint density at radius 1 is 1.14 bits per heavy atom. The van der Waals surface area contributed by atoms with Gasteiger partial charge in [-0.2, -0.15) is 0 Å². The van der Waals surface area contributed by atoms with Crippen molar-refractivity contribution in [2.45, 2.75) is 38.0 Å². The highest BCUT2D eigenvalue weighted by Crippen LogP contribution is 2.33. The summed E-state index contributed by atoms with van der Waals surface area (Å²) < 4.78 is 32.2. The van der Waals surface area contributed by atoms with Crippen LogP contribution in [0.4, 0.5) is 8.78 Å². The fourth-order valence-corrected chi connectivity index (χ4v) is 5.42. The van der Waals surface area contributed by atoms with Gasteiger partial charge in [-0.05, 0) is 36.5 Å². The van der Waals surface area contributed by atoms with E-state index in [1.54, 1.807) is 30.7 Å². The Morgan fingerprint density at radius 3 is 2.51 bits per heavy atom. The van der Waals surface area contributed by atoms with E-state index in [0.717, 1.165) is 42.3 Å². The van der Waals surface area contributed by atoms with Crippen molar-refractivity contribution in [3.63, 3.8) is 0 Å². The Morgan fingerprint density at radius 2 is 1.84 bits per heavy atom. The maximum atomic E-state index is 13.6. The highest BCUT2D eigenvalue weighted by atomic mass is 32.1. The molecule has 0 radical (unpaired) electrons. The van der Waals surface area contributed by atoms with Gasteiger partial charge in [0, 0.05) is 62.7 Å². The summed E-state index contributed by atoms with van der Waals surface area (Å²) in [4.78, 5) is 32.1. The number of piperidine rings is 1. The number of methoxy groups -OCH3 is 1. The standard InChI is InChI=1S/C28H31F2N3O3S/c1-28(29,30)21-10-8-19(9-11-21)22-6-3-4-7-23(22)27(35)33-15-12-20(13-16-33)26-32-24(18-37-26)25(34)31-14-5-17-36-2/h3-4,6-11,18,20H,5,12-17H2,1-2H3,(H,31,34). The van der Waals surface area contributed by atoms with E-state index in [0.29, 0.717) is 37.5 Å². The molecule has 2 amide bonds. The van der Waals surface area contributed by atoms with Gasteiger partial charge in [0.15, 0.2) is 0 Å². The first-order chi connectivity index (χ1) is 17.8. The van der Waals surface area contributed by atoms with E-state index in [2.05, 4.69) is 10.3 Å². The predicted molar refractivity (Wildman–Crippen MR) is 140 cm³/mol. The zero-order valence-corrected chi connectivity index (χ0v) is 21.8. The first kappa shape index (κ1) is 26.9. The Kier molecular flexibility index (Phi) is 8.66. The molecule has 1 aromatic heterocycles. The molecule has 2 aromatic carbocycles. The Bertz CT molecular complexity index is 1220. The number of alkyl halides is 2. The average Bonchev–Trinajstić information content (AvgIpc) is 3.41. The molecular weight excluding hydrogens is 496 g/mol. The molecule has 1 aliphatic heterocycles. The summed E-state index contributed by atoms with van der Waals surface area (Å²) in [6.07, 6.45) is 2.27. The number of thiazole rings is 1. The second-order valence-electron chi connectivity index (χ2n) is 9.25. The van der Waals surface area contributed by atoms with Crippen molar-refractivity contribution in [2.24, 2.45) is 0 Å². The monoisotopic (exact) mass is 527 g/mol. The van der Waals surface area contributed by atoms with Gasteiger partial charge in [-0.15, -0.1) is 11.3 Å². The molecule has 3 aromatic rings. The van der Waals surface area contributed by atoms with Crippen LogP contribution in [0.1, 0.15) is 63.5 Å². The second-order valence-corrected chi connectivity index (χ2v) is 10.1. The van der Waals surface area contributed by atoms with Crippen molar-refractivity contribution >= 4 is 23.2 Å². The molecule has 1 fully saturated rings. The summed E-state index contributed by atoms with van der Waals surface area (Å²) in [6, 6.07) is 13.4. The third-order valence-corrected chi connectivity index (χ3v) is 7.56.